The van der Waals surface area contributed by atoms with Gasteiger partial charge in [0, 0.05) is 57.2 Å². The van der Waals surface area contributed by atoms with Crippen molar-refractivity contribution in [2.24, 2.45) is 0 Å². The number of aromatic amines is 1. The number of alkyl halides is 3. The van der Waals surface area contributed by atoms with Crippen LogP contribution in [0, 0.1) is 0 Å². The van der Waals surface area contributed by atoms with Gasteiger partial charge in [-0.3, -0.25) is 9.69 Å². The molecule has 0 spiro atoms. The molecule has 39 heavy (non-hydrogen) atoms. The van der Waals surface area contributed by atoms with Crippen molar-refractivity contribution >= 4 is 34.1 Å². The van der Waals surface area contributed by atoms with E-state index in [9.17, 15) is 18.0 Å². The molecule has 3 aromatic rings. The van der Waals surface area contributed by atoms with Crippen LogP contribution in [0.5, 0.6) is 11.5 Å². The minimum atomic E-state index is -4.52. The number of nitrogens with zero attached hydrogens (tertiary/aromatic N) is 3. The number of nitrogens with one attached hydrogen (secondary N) is 3. The molecule has 208 valence electrons. The van der Waals surface area contributed by atoms with Gasteiger partial charge in [-0.15, -0.1) is 0 Å². The second-order valence-corrected chi connectivity index (χ2v) is 9.75. The average molecular weight is 547 g/mol. The number of anilines is 3. The van der Waals surface area contributed by atoms with E-state index in [1.165, 1.54) is 6.07 Å². The number of carbonyl (C=O) groups is 1. The van der Waals surface area contributed by atoms with Crippen molar-refractivity contribution in [1.29, 1.82) is 0 Å². The van der Waals surface area contributed by atoms with Crippen LogP contribution in [-0.2, 0) is 10.9 Å². The van der Waals surface area contributed by atoms with E-state index in [1.807, 2.05) is 4.90 Å². The molecule has 10 nitrogen and oxygen atoms in total. The van der Waals surface area contributed by atoms with E-state index in [-0.39, 0.29) is 29.4 Å². The maximum atomic E-state index is 13.4. The van der Waals surface area contributed by atoms with Crippen molar-refractivity contribution in [3.8, 4) is 11.5 Å². The lowest BCUT2D eigenvalue weighted by atomic mass is 10.0. The number of amides is 1. The van der Waals surface area contributed by atoms with Crippen LogP contribution < -0.4 is 20.1 Å². The van der Waals surface area contributed by atoms with Crippen LogP contribution in [0.1, 0.15) is 28.8 Å². The molecule has 0 radical (unpaired) electrons. The van der Waals surface area contributed by atoms with E-state index in [0.29, 0.717) is 47.7 Å². The number of halogens is 3. The molecule has 1 amide bonds. The van der Waals surface area contributed by atoms with Gasteiger partial charge < -0.3 is 34.7 Å². The third-order valence-corrected chi connectivity index (χ3v) is 7.54. The standard InChI is InChI=1S/C26H29F3N6O4/c1-30-19-12-20(33-24-21(19)17(13-31-24)26(27,28)29)32-18-3-2-16(22-23(18)39-14-38-22)25(36)35-6-4-15(5-7-35)34-8-10-37-11-9-34/h2-3,12-13,15H,4-11,14H2,1H3,(H3,30,31,32,33). The van der Waals surface area contributed by atoms with Crippen LogP contribution in [0.15, 0.2) is 24.4 Å². The quantitative estimate of drug-likeness (QED) is 0.441. The Morgan fingerprint density at radius 3 is 2.54 bits per heavy atom. The number of fused-ring (bicyclic) bond motifs is 2. The Kier molecular flexibility index (Phi) is 6.63. The van der Waals surface area contributed by atoms with Crippen molar-refractivity contribution in [3.63, 3.8) is 0 Å². The first kappa shape index (κ1) is 25.6. The van der Waals surface area contributed by atoms with Gasteiger partial charge in [0.05, 0.1) is 35.4 Å². The van der Waals surface area contributed by atoms with Gasteiger partial charge in [-0.25, -0.2) is 4.98 Å². The number of aromatic nitrogens is 2. The third kappa shape index (κ3) is 4.80. The van der Waals surface area contributed by atoms with Gasteiger partial charge >= 0.3 is 6.18 Å². The smallest absolute Gasteiger partial charge is 0.418 e. The summed E-state index contributed by atoms with van der Waals surface area (Å²) in [5, 5.41) is 5.88. The lowest BCUT2D eigenvalue weighted by Gasteiger charge is -2.40. The van der Waals surface area contributed by atoms with Crippen molar-refractivity contribution in [3.05, 3.63) is 35.5 Å². The number of piperidine rings is 1. The van der Waals surface area contributed by atoms with Crippen LogP contribution in [0.25, 0.3) is 11.0 Å². The second-order valence-electron chi connectivity index (χ2n) is 9.75. The molecule has 2 aromatic heterocycles. The zero-order valence-corrected chi connectivity index (χ0v) is 21.4. The molecule has 6 rings (SSSR count). The summed E-state index contributed by atoms with van der Waals surface area (Å²) in [6, 6.07) is 5.32. The monoisotopic (exact) mass is 546 g/mol. The molecule has 13 heteroatoms. The fraction of sp³-hybridized carbons (Fsp3) is 0.462. The number of hydrogen-bond donors (Lipinski definition) is 3. The molecule has 1 aromatic carbocycles. The maximum absolute atomic E-state index is 13.4. The highest BCUT2D eigenvalue weighted by molar-refractivity contribution is 6.00. The van der Waals surface area contributed by atoms with Gasteiger partial charge in [-0.1, -0.05) is 0 Å². The molecule has 3 aliphatic heterocycles. The van der Waals surface area contributed by atoms with Crippen LogP contribution in [0.3, 0.4) is 0 Å². The Labute approximate surface area is 222 Å². The molecule has 0 saturated carbocycles. The Morgan fingerprint density at radius 2 is 1.82 bits per heavy atom. The number of hydrogen-bond acceptors (Lipinski definition) is 8. The Balaban J connectivity index is 1.21. The summed E-state index contributed by atoms with van der Waals surface area (Å²) in [6.07, 6.45) is -1.81. The van der Waals surface area contributed by atoms with E-state index >= 15 is 0 Å². The van der Waals surface area contributed by atoms with E-state index in [0.717, 1.165) is 45.3 Å². The number of carbonyl (C=O) groups excluding carboxylic acids is 1. The number of rotatable bonds is 5. The number of likely N-dealkylation sites (tertiary alicyclic amines) is 1. The molecular weight excluding hydrogens is 517 g/mol. The van der Waals surface area contributed by atoms with Crippen molar-refractivity contribution in [2.75, 3.05) is 63.9 Å². The third-order valence-electron chi connectivity index (χ3n) is 7.54. The maximum Gasteiger partial charge on any atom is 0.418 e. The summed E-state index contributed by atoms with van der Waals surface area (Å²) in [5.41, 5.74) is 0.447. The van der Waals surface area contributed by atoms with Gasteiger partial charge in [0.1, 0.15) is 11.5 Å². The minimum absolute atomic E-state index is 0.0429. The predicted octanol–water partition coefficient (Wildman–Crippen LogP) is 4.03. The molecule has 3 aliphatic rings. The molecule has 0 atom stereocenters. The summed E-state index contributed by atoms with van der Waals surface area (Å²) in [6.45, 7) is 4.62. The van der Waals surface area contributed by atoms with Gasteiger partial charge in [-0.05, 0) is 25.0 Å². The molecule has 3 N–H and O–H groups in total. The van der Waals surface area contributed by atoms with E-state index in [1.54, 1.807) is 19.2 Å². The van der Waals surface area contributed by atoms with E-state index in [2.05, 4.69) is 25.5 Å². The molecule has 0 unspecified atom stereocenters. The zero-order chi connectivity index (χ0) is 27.1. The SMILES string of the molecule is CNc1cc(Nc2ccc(C(=O)N3CCC(N4CCOCC4)CC3)c3c2OCO3)nc2[nH]cc(C(F)(F)F)c12. The van der Waals surface area contributed by atoms with Crippen LogP contribution in [0.4, 0.5) is 30.4 Å². The van der Waals surface area contributed by atoms with Gasteiger partial charge in [0.25, 0.3) is 5.91 Å². The summed E-state index contributed by atoms with van der Waals surface area (Å²) in [5.74, 6) is 0.880. The van der Waals surface area contributed by atoms with Crippen molar-refractivity contribution in [2.45, 2.75) is 25.1 Å². The molecular formula is C26H29F3N6O4. The first-order chi connectivity index (χ1) is 18.8. The van der Waals surface area contributed by atoms with Gasteiger partial charge in [0.2, 0.25) is 6.79 Å². The van der Waals surface area contributed by atoms with Crippen molar-refractivity contribution < 1.29 is 32.2 Å². The lowest BCUT2D eigenvalue weighted by molar-refractivity contribution is -0.136. The number of benzene rings is 1. The largest absolute Gasteiger partial charge is 0.453 e. The zero-order valence-electron chi connectivity index (χ0n) is 21.4. The fourth-order valence-corrected chi connectivity index (χ4v) is 5.57. The minimum Gasteiger partial charge on any atom is -0.453 e. The fourth-order valence-electron chi connectivity index (χ4n) is 5.57. The van der Waals surface area contributed by atoms with Gasteiger partial charge in [-0.2, -0.15) is 13.2 Å². The van der Waals surface area contributed by atoms with E-state index < -0.39 is 11.7 Å². The van der Waals surface area contributed by atoms with Crippen LogP contribution in [0.2, 0.25) is 0 Å². The van der Waals surface area contributed by atoms with Crippen molar-refractivity contribution in [1.82, 2.24) is 19.8 Å². The second kappa shape index (κ2) is 10.1. The number of H-pyrrole nitrogens is 1. The molecule has 0 aliphatic carbocycles. The summed E-state index contributed by atoms with van der Waals surface area (Å²) < 4.78 is 57.2. The summed E-state index contributed by atoms with van der Waals surface area (Å²) in [4.78, 5) is 24.7. The first-order valence-corrected chi connectivity index (χ1v) is 12.9. The number of pyridine rings is 1. The Morgan fingerprint density at radius 1 is 1.08 bits per heavy atom. The predicted molar refractivity (Wildman–Crippen MR) is 138 cm³/mol. The molecule has 0 bridgehead atoms. The highest BCUT2D eigenvalue weighted by Crippen LogP contribution is 2.44. The van der Waals surface area contributed by atoms with E-state index in [4.69, 9.17) is 14.2 Å². The Bertz CT molecular complexity index is 1380. The summed E-state index contributed by atoms with van der Waals surface area (Å²) in [7, 11) is 1.55. The van der Waals surface area contributed by atoms with Crippen LogP contribution >= 0.6 is 0 Å². The number of ether oxygens (including phenoxy) is 3. The molecule has 2 saturated heterocycles. The van der Waals surface area contributed by atoms with Crippen LogP contribution in [-0.4, -0.2) is 85.0 Å². The lowest BCUT2D eigenvalue weighted by Crippen LogP contribution is -2.50. The average Bonchev–Trinajstić information content (AvgIpc) is 3.61. The van der Waals surface area contributed by atoms with Gasteiger partial charge in [0.15, 0.2) is 11.5 Å². The summed E-state index contributed by atoms with van der Waals surface area (Å²) >= 11 is 0. The topological polar surface area (TPSA) is 104 Å². The Hall–Kier alpha value is -3.71. The first-order valence-electron chi connectivity index (χ1n) is 12.9. The molecule has 2 fully saturated rings. The highest BCUT2D eigenvalue weighted by Gasteiger charge is 2.36. The number of morpholine rings is 1. The highest BCUT2D eigenvalue weighted by atomic mass is 19.4. The molecule has 5 heterocycles. The normalized spacial score (nSPS) is 18.5.